The van der Waals surface area contributed by atoms with Crippen LogP contribution in [0.4, 0.5) is 26.7 Å². The number of pyridine rings is 1. The highest BCUT2D eigenvalue weighted by molar-refractivity contribution is 5.67. The largest absolute Gasteiger partial charge is 0.573 e. The second-order valence-electron chi connectivity index (χ2n) is 6.83. The van der Waals surface area contributed by atoms with Crippen LogP contribution in [0.1, 0.15) is 38.1 Å². The van der Waals surface area contributed by atoms with Crippen LogP contribution in [0.5, 0.6) is 5.75 Å². The van der Waals surface area contributed by atoms with Gasteiger partial charge in [0.1, 0.15) is 17.6 Å². The number of amides is 1. The van der Waals surface area contributed by atoms with E-state index in [1.165, 1.54) is 33.0 Å². The number of nitrogens with zero attached hydrogens (tertiary/aromatic N) is 2. The Labute approximate surface area is 157 Å². The van der Waals surface area contributed by atoms with Crippen LogP contribution < -0.4 is 4.74 Å². The van der Waals surface area contributed by atoms with Gasteiger partial charge >= 0.3 is 12.5 Å². The number of carbonyl (C=O) groups is 1. The molecule has 0 saturated heterocycles. The second-order valence-corrected chi connectivity index (χ2v) is 6.83. The monoisotopic (exact) mass is 404 g/mol. The van der Waals surface area contributed by atoms with Gasteiger partial charge in [0.05, 0.1) is 0 Å². The molecule has 1 N–H and O–H groups in total. The Kier molecular flexibility index (Phi) is 5.81. The molecule has 1 atom stereocenters. The van der Waals surface area contributed by atoms with Crippen LogP contribution in [0.2, 0.25) is 0 Å². The first-order valence-corrected chi connectivity index (χ1v) is 7.99. The summed E-state index contributed by atoms with van der Waals surface area (Å²) >= 11 is 0. The molecule has 0 radical (unpaired) electrons. The summed E-state index contributed by atoms with van der Waals surface area (Å²) in [5, 5.41) is 9.68. The van der Waals surface area contributed by atoms with Crippen molar-refractivity contribution in [1.82, 2.24) is 9.88 Å². The lowest BCUT2D eigenvalue weighted by Crippen LogP contribution is -2.48. The van der Waals surface area contributed by atoms with Crippen molar-refractivity contribution in [3.8, 4) is 5.75 Å². The smallest absolute Gasteiger partial charge is 0.465 e. The molecule has 0 aliphatic carbocycles. The summed E-state index contributed by atoms with van der Waals surface area (Å²) in [6.07, 6.45) is -5.32. The summed E-state index contributed by atoms with van der Waals surface area (Å²) in [4.78, 5) is 16.6. The summed E-state index contributed by atoms with van der Waals surface area (Å²) < 4.78 is 69.2. The number of aromatic nitrogens is 1. The number of carboxylic acid groups (broad SMARTS) is 1. The van der Waals surface area contributed by atoms with E-state index in [1.54, 1.807) is 0 Å². The zero-order valence-corrected chi connectivity index (χ0v) is 15.1. The average molecular weight is 404 g/mol. The van der Waals surface area contributed by atoms with Gasteiger partial charge in [-0.05, 0) is 50.6 Å². The SMILES string of the molecule is CC(C)(C)N(C(=O)O)[C@@H](c1ccc(OC(F)(F)F)c(F)c1)c1ncccc1F. The van der Waals surface area contributed by atoms with E-state index in [1.807, 2.05) is 0 Å². The molecule has 5 nitrogen and oxygen atoms in total. The standard InChI is InChI=1S/C18H17F5N2O3/c1-17(2,3)25(16(26)27)15(14-11(19)5-4-8-24-14)10-6-7-13(12(20)9-10)28-18(21,22)23/h4-9,15H,1-3H3,(H,26,27)/t15-/m0/s1. The van der Waals surface area contributed by atoms with E-state index in [-0.39, 0.29) is 11.3 Å². The molecule has 1 aromatic carbocycles. The molecule has 2 aromatic rings. The second kappa shape index (κ2) is 7.61. The van der Waals surface area contributed by atoms with Crippen LogP contribution in [0.3, 0.4) is 0 Å². The van der Waals surface area contributed by atoms with Gasteiger partial charge in [0.15, 0.2) is 11.6 Å². The Hall–Kier alpha value is -2.91. The predicted octanol–water partition coefficient (Wildman–Crippen LogP) is 5.13. The lowest BCUT2D eigenvalue weighted by molar-refractivity contribution is -0.275. The summed E-state index contributed by atoms with van der Waals surface area (Å²) in [6, 6.07) is 3.34. The van der Waals surface area contributed by atoms with Crippen LogP contribution in [0, 0.1) is 11.6 Å². The molecule has 0 saturated carbocycles. The molecule has 28 heavy (non-hydrogen) atoms. The van der Waals surface area contributed by atoms with Crippen molar-refractivity contribution in [1.29, 1.82) is 0 Å². The van der Waals surface area contributed by atoms with Crippen LogP contribution >= 0.6 is 0 Å². The minimum atomic E-state index is -5.10. The molecule has 1 aromatic heterocycles. The number of halogens is 5. The van der Waals surface area contributed by atoms with Crippen molar-refractivity contribution >= 4 is 6.09 Å². The van der Waals surface area contributed by atoms with Crippen molar-refractivity contribution < 1.29 is 36.6 Å². The number of benzene rings is 1. The van der Waals surface area contributed by atoms with Gasteiger partial charge in [-0.2, -0.15) is 0 Å². The molecule has 0 bridgehead atoms. The Morgan fingerprint density at radius 2 is 1.79 bits per heavy atom. The van der Waals surface area contributed by atoms with Gasteiger partial charge in [-0.15, -0.1) is 13.2 Å². The van der Waals surface area contributed by atoms with Crippen LogP contribution in [-0.2, 0) is 0 Å². The van der Waals surface area contributed by atoms with Crippen molar-refractivity contribution in [2.24, 2.45) is 0 Å². The fourth-order valence-corrected chi connectivity index (χ4v) is 2.71. The third-order valence-corrected chi connectivity index (χ3v) is 3.73. The normalized spacial score (nSPS) is 13.1. The third kappa shape index (κ3) is 4.87. The molecular formula is C18H17F5N2O3. The van der Waals surface area contributed by atoms with Gasteiger partial charge in [-0.3, -0.25) is 9.88 Å². The number of hydrogen-bond acceptors (Lipinski definition) is 3. The van der Waals surface area contributed by atoms with Gasteiger partial charge in [0, 0.05) is 11.7 Å². The minimum absolute atomic E-state index is 0.109. The van der Waals surface area contributed by atoms with Crippen LogP contribution in [0.25, 0.3) is 0 Å². The molecule has 0 aliphatic heterocycles. The summed E-state index contributed by atoms with van der Waals surface area (Å²) in [7, 11) is 0. The first kappa shape index (κ1) is 21.4. The quantitative estimate of drug-likeness (QED) is 0.718. The van der Waals surface area contributed by atoms with Gasteiger partial charge < -0.3 is 9.84 Å². The first-order valence-electron chi connectivity index (χ1n) is 7.99. The number of hydrogen-bond donors (Lipinski definition) is 1. The van der Waals surface area contributed by atoms with Crippen molar-refractivity contribution in [2.45, 2.75) is 38.7 Å². The van der Waals surface area contributed by atoms with E-state index >= 15 is 0 Å². The molecule has 2 rings (SSSR count). The Morgan fingerprint density at radius 1 is 1.14 bits per heavy atom. The maximum atomic E-state index is 14.4. The van der Waals surface area contributed by atoms with Crippen molar-refractivity contribution in [2.75, 3.05) is 0 Å². The van der Waals surface area contributed by atoms with E-state index in [0.29, 0.717) is 12.1 Å². The Balaban J connectivity index is 2.65. The van der Waals surface area contributed by atoms with Gasteiger partial charge in [-0.25, -0.2) is 13.6 Å². The van der Waals surface area contributed by atoms with Crippen LogP contribution in [-0.4, -0.2) is 33.0 Å². The highest BCUT2D eigenvalue weighted by Gasteiger charge is 2.38. The molecule has 1 amide bonds. The topological polar surface area (TPSA) is 62.7 Å². The molecule has 152 valence electrons. The first-order chi connectivity index (χ1) is 12.8. The van der Waals surface area contributed by atoms with E-state index in [0.717, 1.165) is 17.0 Å². The maximum Gasteiger partial charge on any atom is 0.573 e. The Morgan fingerprint density at radius 3 is 2.25 bits per heavy atom. The van der Waals surface area contributed by atoms with Crippen molar-refractivity contribution in [3.05, 3.63) is 59.4 Å². The number of rotatable bonds is 4. The van der Waals surface area contributed by atoms with Gasteiger partial charge in [0.2, 0.25) is 0 Å². The zero-order valence-electron chi connectivity index (χ0n) is 15.1. The van der Waals surface area contributed by atoms with Gasteiger partial charge in [0.25, 0.3) is 0 Å². The highest BCUT2D eigenvalue weighted by atomic mass is 19.4. The summed E-state index contributed by atoms with van der Waals surface area (Å²) in [6.45, 7) is 4.60. The average Bonchev–Trinajstić information content (AvgIpc) is 2.52. The molecule has 10 heteroatoms. The lowest BCUT2D eigenvalue weighted by atomic mass is 9.95. The minimum Gasteiger partial charge on any atom is -0.465 e. The zero-order chi connectivity index (χ0) is 21.3. The molecule has 0 spiro atoms. The number of ether oxygens (including phenoxy) is 1. The third-order valence-electron chi connectivity index (χ3n) is 3.73. The van der Waals surface area contributed by atoms with E-state index in [9.17, 15) is 31.9 Å². The van der Waals surface area contributed by atoms with E-state index in [4.69, 9.17) is 0 Å². The molecule has 0 unspecified atom stereocenters. The lowest BCUT2D eigenvalue weighted by Gasteiger charge is -2.39. The van der Waals surface area contributed by atoms with E-state index in [2.05, 4.69) is 9.72 Å². The molecular weight excluding hydrogens is 387 g/mol. The predicted molar refractivity (Wildman–Crippen MR) is 88.7 cm³/mol. The Bertz CT molecular complexity index is 865. The summed E-state index contributed by atoms with van der Waals surface area (Å²) in [5.41, 5.74) is -1.50. The van der Waals surface area contributed by atoms with Gasteiger partial charge in [-0.1, -0.05) is 6.07 Å². The maximum absolute atomic E-state index is 14.4. The van der Waals surface area contributed by atoms with Crippen molar-refractivity contribution in [3.63, 3.8) is 0 Å². The number of alkyl halides is 3. The fraction of sp³-hybridized carbons (Fsp3) is 0.333. The molecule has 0 fully saturated rings. The van der Waals surface area contributed by atoms with Crippen LogP contribution in [0.15, 0.2) is 36.5 Å². The molecule has 0 aliphatic rings. The summed E-state index contributed by atoms with van der Waals surface area (Å²) in [5.74, 6) is -3.32. The fourth-order valence-electron chi connectivity index (χ4n) is 2.71. The highest BCUT2D eigenvalue weighted by Crippen LogP contribution is 2.36. The molecule has 1 heterocycles. The van der Waals surface area contributed by atoms with E-state index < -0.39 is 41.4 Å².